The average Bonchev–Trinajstić information content (AvgIpc) is 2.34. The number of carboxylic acid groups (broad SMARTS) is 2. The summed E-state index contributed by atoms with van der Waals surface area (Å²) in [6, 6.07) is 0. The molecule has 0 aromatic carbocycles. The van der Waals surface area contributed by atoms with Crippen LogP contribution in [0.4, 0.5) is 0 Å². The molecule has 22 heavy (non-hydrogen) atoms. The molecule has 0 saturated carbocycles. The number of hydrogen-bond donors (Lipinski definition) is 2. The maximum Gasteiger partial charge on any atom is 0.303 e. The molecule has 0 amide bonds. The van der Waals surface area contributed by atoms with Crippen LogP contribution in [-0.4, -0.2) is 22.2 Å². The van der Waals surface area contributed by atoms with Gasteiger partial charge in [0.15, 0.2) is 0 Å². The molecule has 0 aliphatic heterocycles. The zero-order valence-electron chi connectivity index (χ0n) is 14.6. The summed E-state index contributed by atoms with van der Waals surface area (Å²) in [4.78, 5) is 20.1. The number of aliphatic carboxylic acids is 2. The van der Waals surface area contributed by atoms with E-state index >= 15 is 0 Å². The summed E-state index contributed by atoms with van der Waals surface area (Å²) in [5.74, 6) is 0.104. The van der Waals surface area contributed by atoms with Crippen LogP contribution in [0.1, 0.15) is 85.5 Å². The molecule has 2 N–H and O–H groups in total. The number of carbonyl (C=O) groups is 2. The SMILES string of the molecule is CC(C)CCCCC(=O)O.CC(C)CCCCCC(=O)O.[Fe]. The van der Waals surface area contributed by atoms with E-state index in [1.807, 2.05) is 0 Å². The Kier molecular flexibility index (Phi) is 22.2. The topological polar surface area (TPSA) is 74.6 Å². The fourth-order valence-corrected chi connectivity index (χ4v) is 1.83. The molecule has 0 radical (unpaired) electrons. The largest absolute Gasteiger partial charge is 0.481 e. The monoisotopic (exact) mass is 358 g/mol. The first kappa shape index (κ1) is 26.4. The van der Waals surface area contributed by atoms with Gasteiger partial charge in [0.2, 0.25) is 0 Å². The molecule has 0 bridgehead atoms. The third-order valence-electron chi connectivity index (χ3n) is 3.09. The second-order valence-electron chi connectivity index (χ2n) is 6.42. The third-order valence-corrected chi connectivity index (χ3v) is 3.09. The normalized spacial score (nSPS) is 9.91. The van der Waals surface area contributed by atoms with Gasteiger partial charge in [-0.15, -0.1) is 0 Å². The van der Waals surface area contributed by atoms with Gasteiger partial charge in [0, 0.05) is 29.9 Å². The summed E-state index contributed by atoms with van der Waals surface area (Å²) in [6.07, 6.45) is 7.96. The van der Waals surface area contributed by atoms with Gasteiger partial charge in [-0.1, -0.05) is 59.8 Å². The molecule has 4 nitrogen and oxygen atoms in total. The first-order valence-corrected chi connectivity index (χ1v) is 8.19. The minimum atomic E-state index is -0.677. The van der Waals surface area contributed by atoms with E-state index in [0.29, 0.717) is 18.8 Å². The predicted molar refractivity (Wildman–Crippen MR) is 86.5 cm³/mol. The summed E-state index contributed by atoms with van der Waals surface area (Å²) >= 11 is 0. The van der Waals surface area contributed by atoms with Crippen LogP contribution in [0.2, 0.25) is 0 Å². The van der Waals surface area contributed by atoms with Crippen molar-refractivity contribution in [3.8, 4) is 0 Å². The molecule has 0 fully saturated rings. The van der Waals surface area contributed by atoms with E-state index < -0.39 is 11.9 Å². The molecule has 0 rings (SSSR count). The Hall–Kier alpha value is -0.541. The van der Waals surface area contributed by atoms with E-state index in [1.54, 1.807) is 0 Å². The molecule has 0 saturated heterocycles. The van der Waals surface area contributed by atoms with Crippen molar-refractivity contribution in [3.63, 3.8) is 0 Å². The van der Waals surface area contributed by atoms with Crippen LogP contribution in [0.3, 0.4) is 0 Å². The Bertz CT molecular complexity index is 265. The van der Waals surface area contributed by atoms with Crippen LogP contribution in [-0.2, 0) is 26.7 Å². The van der Waals surface area contributed by atoms with Crippen LogP contribution >= 0.6 is 0 Å². The molecule has 0 spiro atoms. The second kappa shape index (κ2) is 18.5. The third kappa shape index (κ3) is 31.7. The van der Waals surface area contributed by atoms with Gasteiger partial charge in [-0.2, -0.15) is 0 Å². The van der Waals surface area contributed by atoms with Crippen molar-refractivity contribution in [3.05, 3.63) is 0 Å². The fourth-order valence-electron chi connectivity index (χ4n) is 1.83. The number of unbranched alkanes of at least 4 members (excludes halogenated alkanes) is 3. The van der Waals surface area contributed by atoms with Crippen molar-refractivity contribution < 1.29 is 36.9 Å². The van der Waals surface area contributed by atoms with Crippen LogP contribution < -0.4 is 0 Å². The van der Waals surface area contributed by atoms with Crippen LogP contribution in [0, 0.1) is 11.8 Å². The average molecular weight is 358 g/mol. The minimum Gasteiger partial charge on any atom is -0.481 e. The summed E-state index contributed by atoms with van der Waals surface area (Å²) in [5.41, 5.74) is 0. The second-order valence-corrected chi connectivity index (χ2v) is 6.42. The van der Waals surface area contributed by atoms with Crippen molar-refractivity contribution >= 4 is 11.9 Å². The summed E-state index contributed by atoms with van der Waals surface area (Å²) < 4.78 is 0. The molecular formula is C17H34FeO4. The molecule has 0 aromatic rings. The molecular weight excluding hydrogens is 324 g/mol. The van der Waals surface area contributed by atoms with Gasteiger partial charge in [0.05, 0.1) is 0 Å². The maximum absolute atomic E-state index is 10.1. The van der Waals surface area contributed by atoms with E-state index in [4.69, 9.17) is 10.2 Å². The van der Waals surface area contributed by atoms with Crippen molar-refractivity contribution in [2.24, 2.45) is 11.8 Å². The minimum absolute atomic E-state index is 0. The first-order chi connectivity index (χ1) is 9.75. The van der Waals surface area contributed by atoms with Crippen molar-refractivity contribution in [2.75, 3.05) is 0 Å². The fraction of sp³-hybridized carbons (Fsp3) is 0.882. The Morgan fingerprint density at radius 3 is 1.32 bits per heavy atom. The molecule has 0 atom stereocenters. The smallest absolute Gasteiger partial charge is 0.303 e. The summed E-state index contributed by atoms with van der Waals surface area (Å²) in [5, 5.41) is 16.6. The van der Waals surface area contributed by atoms with Crippen LogP contribution in [0.15, 0.2) is 0 Å². The number of hydrogen-bond acceptors (Lipinski definition) is 2. The predicted octanol–water partition coefficient (Wildman–Crippen LogP) is 4.96. The van der Waals surface area contributed by atoms with E-state index in [2.05, 4.69) is 27.7 Å². The van der Waals surface area contributed by atoms with Crippen molar-refractivity contribution in [2.45, 2.75) is 85.5 Å². The Labute approximate surface area is 146 Å². The first-order valence-electron chi connectivity index (χ1n) is 8.19. The van der Waals surface area contributed by atoms with Crippen LogP contribution in [0.25, 0.3) is 0 Å². The zero-order chi connectivity index (χ0) is 16.7. The molecule has 0 unspecified atom stereocenters. The quantitative estimate of drug-likeness (QED) is 0.404. The van der Waals surface area contributed by atoms with E-state index in [0.717, 1.165) is 38.0 Å². The number of rotatable bonds is 11. The Balaban J connectivity index is -0.000000315. The Morgan fingerprint density at radius 2 is 1.00 bits per heavy atom. The van der Waals surface area contributed by atoms with Crippen LogP contribution in [0.5, 0.6) is 0 Å². The van der Waals surface area contributed by atoms with Gasteiger partial charge < -0.3 is 10.2 Å². The van der Waals surface area contributed by atoms with Gasteiger partial charge in [0.1, 0.15) is 0 Å². The zero-order valence-corrected chi connectivity index (χ0v) is 15.7. The molecule has 134 valence electrons. The van der Waals surface area contributed by atoms with Crippen molar-refractivity contribution in [1.82, 2.24) is 0 Å². The van der Waals surface area contributed by atoms with Gasteiger partial charge in [-0.3, -0.25) is 9.59 Å². The van der Waals surface area contributed by atoms with Gasteiger partial charge >= 0.3 is 11.9 Å². The molecule has 0 aliphatic carbocycles. The molecule has 5 heteroatoms. The molecule has 0 heterocycles. The van der Waals surface area contributed by atoms with Gasteiger partial charge in [0.25, 0.3) is 0 Å². The summed E-state index contributed by atoms with van der Waals surface area (Å²) in [6.45, 7) is 8.69. The van der Waals surface area contributed by atoms with E-state index in [1.165, 1.54) is 12.8 Å². The Morgan fingerprint density at radius 1 is 0.682 bits per heavy atom. The van der Waals surface area contributed by atoms with Gasteiger partial charge in [-0.05, 0) is 24.7 Å². The standard InChI is InChI=1S/C9H18O2.C8H16O2.Fe/c1-8(2)6-4-3-5-7-9(10)11;1-7(2)5-3-4-6-8(9)10;/h8H,3-7H2,1-2H3,(H,10,11);7H,3-6H2,1-2H3,(H,9,10);. The van der Waals surface area contributed by atoms with E-state index in [-0.39, 0.29) is 17.1 Å². The number of carboxylic acids is 2. The maximum atomic E-state index is 10.1. The molecule has 0 aromatic heterocycles. The summed E-state index contributed by atoms with van der Waals surface area (Å²) in [7, 11) is 0. The van der Waals surface area contributed by atoms with Gasteiger partial charge in [-0.25, -0.2) is 0 Å². The van der Waals surface area contributed by atoms with Crippen molar-refractivity contribution in [1.29, 1.82) is 0 Å². The molecule has 0 aliphatic rings. The van der Waals surface area contributed by atoms with E-state index in [9.17, 15) is 9.59 Å².